The second kappa shape index (κ2) is 11.6. The summed E-state index contributed by atoms with van der Waals surface area (Å²) in [4.78, 5) is 31.3. The Balaban J connectivity index is 1.11. The second-order valence-corrected chi connectivity index (χ2v) is 9.68. The van der Waals surface area contributed by atoms with Gasteiger partial charge in [0.05, 0.1) is 25.3 Å². The van der Waals surface area contributed by atoms with Crippen molar-refractivity contribution in [2.45, 2.75) is 13.3 Å². The van der Waals surface area contributed by atoms with Crippen LogP contribution in [0.3, 0.4) is 0 Å². The van der Waals surface area contributed by atoms with Crippen molar-refractivity contribution in [3.63, 3.8) is 0 Å². The number of amides is 1. The summed E-state index contributed by atoms with van der Waals surface area (Å²) in [5.41, 5.74) is 2.77. The molecule has 4 heterocycles. The Morgan fingerprint density at radius 2 is 1.92 bits per heavy atom. The number of likely N-dealkylation sites (N-methyl/N-ethyl adjacent to an activating group) is 1. The number of imidazole rings is 1. The van der Waals surface area contributed by atoms with E-state index in [-0.39, 0.29) is 12.3 Å². The molecule has 0 unspecified atom stereocenters. The Morgan fingerprint density at radius 3 is 2.70 bits per heavy atom. The molecule has 4 aromatic rings. The van der Waals surface area contributed by atoms with Gasteiger partial charge in [0.25, 0.3) is 0 Å². The van der Waals surface area contributed by atoms with Crippen molar-refractivity contribution in [3.05, 3.63) is 53.9 Å². The first-order chi connectivity index (χ1) is 18.1. The second-order valence-electron chi connectivity index (χ2n) is 8.84. The van der Waals surface area contributed by atoms with E-state index in [0.29, 0.717) is 25.6 Å². The molecule has 10 nitrogen and oxygen atoms in total. The number of nitrogens with zero attached hydrogens (tertiary/aromatic N) is 6. The van der Waals surface area contributed by atoms with Gasteiger partial charge >= 0.3 is 0 Å². The fourth-order valence-electron chi connectivity index (χ4n) is 4.17. The molecule has 1 saturated heterocycles. The fraction of sp³-hybridized carbons (Fsp3) is 0.385. The summed E-state index contributed by atoms with van der Waals surface area (Å²) in [6.07, 6.45) is 3.76. The van der Waals surface area contributed by atoms with Crippen LogP contribution in [0.5, 0.6) is 11.6 Å². The summed E-state index contributed by atoms with van der Waals surface area (Å²) in [6, 6.07) is 9.73. The number of thiazole rings is 1. The SMILES string of the molecule is CCOc1ccc(-c2cn3c(CC(=O)NCCOc4cc(N5CCN(C)CC5)ncn4)csc3n2)cc1. The van der Waals surface area contributed by atoms with Crippen LogP contribution in [0.25, 0.3) is 16.2 Å². The van der Waals surface area contributed by atoms with Crippen molar-refractivity contribution in [1.29, 1.82) is 0 Å². The number of carbonyl (C=O) groups is 1. The monoisotopic (exact) mass is 521 g/mol. The lowest BCUT2D eigenvalue weighted by Gasteiger charge is -2.33. The number of piperazine rings is 1. The van der Waals surface area contributed by atoms with Gasteiger partial charge in [-0.15, -0.1) is 11.3 Å². The molecule has 11 heteroatoms. The molecule has 0 radical (unpaired) electrons. The van der Waals surface area contributed by atoms with E-state index in [4.69, 9.17) is 14.5 Å². The van der Waals surface area contributed by atoms with E-state index in [1.165, 1.54) is 17.7 Å². The Labute approximate surface area is 219 Å². The molecule has 3 aromatic heterocycles. The molecule has 0 saturated carbocycles. The summed E-state index contributed by atoms with van der Waals surface area (Å²) in [5, 5.41) is 4.90. The molecule has 1 amide bonds. The van der Waals surface area contributed by atoms with Crippen molar-refractivity contribution >= 4 is 28.0 Å². The van der Waals surface area contributed by atoms with Crippen molar-refractivity contribution in [2.24, 2.45) is 0 Å². The van der Waals surface area contributed by atoms with E-state index >= 15 is 0 Å². The summed E-state index contributed by atoms with van der Waals surface area (Å²) in [6.45, 7) is 7.18. The van der Waals surface area contributed by atoms with E-state index in [9.17, 15) is 4.79 Å². The molecule has 1 fully saturated rings. The van der Waals surface area contributed by atoms with Gasteiger partial charge in [-0.3, -0.25) is 9.20 Å². The van der Waals surface area contributed by atoms with E-state index in [0.717, 1.165) is 59.7 Å². The van der Waals surface area contributed by atoms with Gasteiger partial charge in [0, 0.05) is 55.1 Å². The van der Waals surface area contributed by atoms with Crippen LogP contribution in [0.2, 0.25) is 0 Å². The van der Waals surface area contributed by atoms with Crippen molar-refractivity contribution < 1.29 is 14.3 Å². The maximum Gasteiger partial charge on any atom is 0.226 e. The average molecular weight is 522 g/mol. The lowest BCUT2D eigenvalue weighted by Crippen LogP contribution is -2.44. The van der Waals surface area contributed by atoms with Crippen LogP contribution in [0, 0.1) is 0 Å². The molecular weight excluding hydrogens is 490 g/mol. The van der Waals surface area contributed by atoms with Crippen LogP contribution in [0.15, 0.2) is 48.2 Å². The van der Waals surface area contributed by atoms with Gasteiger partial charge in [0.15, 0.2) is 4.96 Å². The van der Waals surface area contributed by atoms with Crippen molar-refractivity contribution in [3.8, 4) is 22.9 Å². The zero-order valence-corrected chi connectivity index (χ0v) is 21.9. The number of carbonyl (C=O) groups excluding carboxylic acids is 1. The number of hydrogen-bond acceptors (Lipinski definition) is 9. The summed E-state index contributed by atoms with van der Waals surface area (Å²) >= 11 is 1.52. The minimum Gasteiger partial charge on any atom is -0.494 e. The number of ether oxygens (including phenoxy) is 2. The zero-order valence-electron chi connectivity index (χ0n) is 21.1. The van der Waals surface area contributed by atoms with E-state index in [1.807, 2.05) is 53.2 Å². The van der Waals surface area contributed by atoms with Crippen LogP contribution in [-0.4, -0.2) is 83.1 Å². The highest BCUT2D eigenvalue weighted by Crippen LogP contribution is 2.25. The van der Waals surface area contributed by atoms with Crippen LogP contribution >= 0.6 is 11.3 Å². The third kappa shape index (κ3) is 6.17. The highest BCUT2D eigenvalue weighted by atomic mass is 32.1. The van der Waals surface area contributed by atoms with Gasteiger partial charge in [-0.05, 0) is 38.2 Å². The van der Waals surface area contributed by atoms with E-state index in [1.54, 1.807) is 0 Å². The fourth-order valence-corrected chi connectivity index (χ4v) is 5.05. The van der Waals surface area contributed by atoms with Gasteiger partial charge in [-0.1, -0.05) is 0 Å². The molecular formula is C26H31N7O3S. The van der Waals surface area contributed by atoms with E-state index in [2.05, 4.69) is 32.1 Å². The van der Waals surface area contributed by atoms with E-state index < -0.39 is 0 Å². The molecule has 1 N–H and O–H groups in total. The Hall–Kier alpha value is -3.70. The van der Waals surface area contributed by atoms with Crippen LogP contribution in [-0.2, 0) is 11.2 Å². The first-order valence-electron chi connectivity index (χ1n) is 12.4. The van der Waals surface area contributed by atoms with Crippen LogP contribution < -0.4 is 19.7 Å². The van der Waals surface area contributed by atoms with Crippen LogP contribution in [0.4, 0.5) is 5.82 Å². The normalized spacial score (nSPS) is 14.2. The number of hydrogen-bond donors (Lipinski definition) is 1. The maximum absolute atomic E-state index is 12.6. The predicted octanol–water partition coefficient (Wildman–Crippen LogP) is 2.74. The molecule has 1 aliphatic heterocycles. The molecule has 0 bridgehead atoms. The largest absolute Gasteiger partial charge is 0.494 e. The molecule has 194 valence electrons. The molecule has 0 atom stereocenters. The zero-order chi connectivity index (χ0) is 25.6. The molecule has 1 aliphatic rings. The first kappa shape index (κ1) is 25.0. The molecule has 0 spiro atoms. The molecule has 1 aromatic carbocycles. The number of anilines is 1. The van der Waals surface area contributed by atoms with Gasteiger partial charge < -0.3 is 24.6 Å². The number of benzene rings is 1. The molecule has 0 aliphatic carbocycles. The Kier molecular flexibility index (Phi) is 7.81. The smallest absolute Gasteiger partial charge is 0.226 e. The standard InChI is InChI=1S/C26H31N7O3S/c1-3-35-21-6-4-19(5-7-21)22-16-33-20(17-37-26(33)30-22)14-24(34)27-8-13-36-25-15-23(28-18-29-25)32-11-9-31(2)10-12-32/h4-7,15-18H,3,8-14H2,1-2H3,(H,27,34). The highest BCUT2D eigenvalue weighted by Gasteiger charge is 2.16. The molecule has 37 heavy (non-hydrogen) atoms. The lowest BCUT2D eigenvalue weighted by molar-refractivity contribution is -0.120. The Bertz CT molecular complexity index is 1330. The minimum absolute atomic E-state index is 0.0690. The third-order valence-electron chi connectivity index (χ3n) is 6.22. The van der Waals surface area contributed by atoms with Gasteiger partial charge in [0.2, 0.25) is 11.8 Å². The number of fused-ring (bicyclic) bond motifs is 1. The number of nitrogens with one attached hydrogen (secondary N) is 1. The van der Waals surface area contributed by atoms with Gasteiger partial charge in [0.1, 0.15) is 24.5 Å². The third-order valence-corrected chi connectivity index (χ3v) is 7.10. The predicted molar refractivity (Wildman–Crippen MR) is 144 cm³/mol. The van der Waals surface area contributed by atoms with Crippen molar-refractivity contribution in [1.82, 2.24) is 29.6 Å². The van der Waals surface area contributed by atoms with Crippen molar-refractivity contribution in [2.75, 3.05) is 57.9 Å². The molecule has 5 rings (SSSR count). The number of rotatable bonds is 10. The summed E-state index contributed by atoms with van der Waals surface area (Å²) in [5.74, 6) is 2.15. The van der Waals surface area contributed by atoms with Crippen LogP contribution in [0.1, 0.15) is 12.6 Å². The van der Waals surface area contributed by atoms with Gasteiger partial charge in [-0.25, -0.2) is 15.0 Å². The summed E-state index contributed by atoms with van der Waals surface area (Å²) < 4.78 is 13.3. The maximum atomic E-state index is 12.6. The summed E-state index contributed by atoms with van der Waals surface area (Å²) in [7, 11) is 2.12. The lowest BCUT2D eigenvalue weighted by atomic mass is 10.1. The first-order valence-corrected chi connectivity index (χ1v) is 13.3. The highest BCUT2D eigenvalue weighted by molar-refractivity contribution is 7.15. The quantitative estimate of drug-likeness (QED) is 0.318. The topological polar surface area (TPSA) is 97.1 Å². The average Bonchev–Trinajstić information content (AvgIpc) is 3.50. The number of aromatic nitrogens is 4. The Morgan fingerprint density at radius 1 is 1.11 bits per heavy atom. The minimum atomic E-state index is -0.0690. The van der Waals surface area contributed by atoms with Gasteiger partial charge in [-0.2, -0.15) is 0 Å².